The second kappa shape index (κ2) is 4.47. The molecule has 0 N–H and O–H groups in total. The normalized spacial score (nSPS) is 22.3. The van der Waals surface area contributed by atoms with Crippen LogP contribution >= 0.6 is 0 Å². The summed E-state index contributed by atoms with van der Waals surface area (Å²) in [6, 6.07) is 3.07. The summed E-state index contributed by atoms with van der Waals surface area (Å²) in [5.41, 5.74) is 2.85. The monoisotopic (exact) mass is 232 g/mol. The maximum atomic E-state index is 4.93. The summed E-state index contributed by atoms with van der Waals surface area (Å²) in [6.07, 6.45) is 9.60. The Balaban J connectivity index is 1.89. The molecule has 0 aromatic carbocycles. The van der Waals surface area contributed by atoms with Gasteiger partial charge in [0.2, 0.25) is 0 Å². The molecule has 2 nitrogen and oxygen atoms in total. The smallest absolute Gasteiger partial charge is 0.0658 e. The van der Waals surface area contributed by atoms with Crippen molar-refractivity contribution in [1.82, 2.24) is 9.78 Å². The summed E-state index contributed by atoms with van der Waals surface area (Å²) in [7, 11) is 0. The number of nitrogens with zero attached hydrogens (tertiary/aromatic N) is 2. The van der Waals surface area contributed by atoms with Crippen molar-refractivity contribution in [2.75, 3.05) is 0 Å². The molecule has 0 saturated heterocycles. The minimum atomic E-state index is 0.608. The Bertz CT molecular complexity index is 382. The van der Waals surface area contributed by atoms with Crippen molar-refractivity contribution >= 4 is 0 Å². The van der Waals surface area contributed by atoms with Crippen LogP contribution in [0.15, 0.2) is 6.07 Å². The number of aromatic nitrogens is 2. The quantitative estimate of drug-likeness (QED) is 0.755. The van der Waals surface area contributed by atoms with Gasteiger partial charge in [-0.3, -0.25) is 4.68 Å². The van der Waals surface area contributed by atoms with Gasteiger partial charge in [-0.15, -0.1) is 0 Å². The second-order valence-corrected chi connectivity index (χ2v) is 6.16. The van der Waals surface area contributed by atoms with Crippen LogP contribution in [0.25, 0.3) is 0 Å². The Labute approximate surface area is 104 Å². The third kappa shape index (κ3) is 2.27. The van der Waals surface area contributed by atoms with Crippen LogP contribution in [0.2, 0.25) is 0 Å². The van der Waals surface area contributed by atoms with Crippen molar-refractivity contribution in [2.24, 2.45) is 0 Å². The van der Waals surface area contributed by atoms with Crippen molar-refractivity contribution in [2.45, 2.75) is 76.7 Å². The highest BCUT2D eigenvalue weighted by atomic mass is 15.3. The Morgan fingerprint density at radius 1 is 1.12 bits per heavy atom. The first kappa shape index (κ1) is 11.3. The van der Waals surface area contributed by atoms with Gasteiger partial charge in [0.15, 0.2) is 0 Å². The lowest BCUT2D eigenvalue weighted by Crippen LogP contribution is -2.17. The first-order valence-corrected chi connectivity index (χ1v) is 7.35. The molecule has 1 heterocycles. The topological polar surface area (TPSA) is 17.8 Å². The van der Waals surface area contributed by atoms with E-state index in [1.807, 2.05) is 0 Å². The van der Waals surface area contributed by atoms with Gasteiger partial charge in [0.25, 0.3) is 0 Å². The molecule has 2 aliphatic rings. The van der Waals surface area contributed by atoms with Crippen LogP contribution in [0.5, 0.6) is 0 Å². The fourth-order valence-electron chi connectivity index (χ4n) is 3.06. The third-order valence-corrected chi connectivity index (χ3v) is 4.29. The highest BCUT2D eigenvalue weighted by Gasteiger charge is 2.29. The van der Waals surface area contributed by atoms with Gasteiger partial charge in [0.05, 0.1) is 11.7 Å². The fourth-order valence-corrected chi connectivity index (χ4v) is 3.06. The first-order chi connectivity index (χ1) is 8.25. The lowest BCUT2D eigenvalue weighted by molar-refractivity contribution is 0.318. The molecule has 2 heteroatoms. The van der Waals surface area contributed by atoms with Gasteiger partial charge in [0, 0.05) is 11.6 Å². The molecule has 2 fully saturated rings. The fraction of sp³-hybridized carbons (Fsp3) is 0.800. The first-order valence-electron chi connectivity index (χ1n) is 7.35. The van der Waals surface area contributed by atoms with E-state index in [1.165, 1.54) is 56.3 Å². The predicted octanol–water partition coefficient (Wildman–Crippen LogP) is 4.39. The molecule has 1 aromatic heterocycles. The molecule has 94 valence electrons. The van der Waals surface area contributed by atoms with E-state index in [9.17, 15) is 0 Å². The Morgan fingerprint density at radius 3 is 2.41 bits per heavy atom. The standard InChI is InChI=1S/C15H24N2/c1-11(2)15-10-14(12-8-9-12)16-17(15)13-6-4-3-5-7-13/h10-13H,3-9H2,1-2H3. The lowest BCUT2D eigenvalue weighted by Gasteiger charge is -2.25. The van der Waals surface area contributed by atoms with Gasteiger partial charge in [0.1, 0.15) is 0 Å². The third-order valence-electron chi connectivity index (χ3n) is 4.29. The minimum absolute atomic E-state index is 0.608. The van der Waals surface area contributed by atoms with Crippen molar-refractivity contribution < 1.29 is 0 Å². The molecule has 0 spiro atoms. The molecule has 0 bridgehead atoms. The zero-order chi connectivity index (χ0) is 11.8. The molecule has 17 heavy (non-hydrogen) atoms. The summed E-state index contributed by atoms with van der Waals surface area (Å²) in [6.45, 7) is 4.60. The largest absolute Gasteiger partial charge is 0.266 e. The van der Waals surface area contributed by atoms with Crippen molar-refractivity contribution in [3.63, 3.8) is 0 Å². The van der Waals surface area contributed by atoms with E-state index in [0.717, 1.165) is 5.92 Å². The van der Waals surface area contributed by atoms with Crippen molar-refractivity contribution in [3.05, 3.63) is 17.5 Å². The van der Waals surface area contributed by atoms with Crippen molar-refractivity contribution in [3.8, 4) is 0 Å². The molecule has 0 atom stereocenters. The van der Waals surface area contributed by atoms with E-state index >= 15 is 0 Å². The molecule has 0 radical (unpaired) electrons. The lowest BCUT2D eigenvalue weighted by atomic mass is 9.95. The highest BCUT2D eigenvalue weighted by Crippen LogP contribution is 2.41. The average Bonchev–Trinajstić information content (AvgIpc) is 3.09. The maximum Gasteiger partial charge on any atom is 0.0658 e. The van der Waals surface area contributed by atoms with Gasteiger partial charge in [-0.05, 0) is 37.7 Å². The summed E-state index contributed by atoms with van der Waals surface area (Å²) in [5.74, 6) is 1.40. The Morgan fingerprint density at radius 2 is 1.82 bits per heavy atom. The van der Waals surface area contributed by atoms with Gasteiger partial charge in [-0.25, -0.2) is 0 Å². The van der Waals surface area contributed by atoms with E-state index < -0.39 is 0 Å². The molecule has 2 saturated carbocycles. The molecular weight excluding hydrogens is 208 g/mol. The zero-order valence-electron chi connectivity index (χ0n) is 11.2. The van der Waals surface area contributed by atoms with Crippen LogP contribution in [0.1, 0.15) is 88.1 Å². The van der Waals surface area contributed by atoms with E-state index in [-0.39, 0.29) is 0 Å². The van der Waals surface area contributed by atoms with E-state index in [1.54, 1.807) is 0 Å². The molecular formula is C15H24N2. The Kier molecular flexibility index (Phi) is 2.97. The molecule has 2 aliphatic carbocycles. The Hall–Kier alpha value is -0.790. The van der Waals surface area contributed by atoms with Gasteiger partial charge >= 0.3 is 0 Å². The number of hydrogen-bond donors (Lipinski definition) is 0. The number of hydrogen-bond acceptors (Lipinski definition) is 1. The van der Waals surface area contributed by atoms with Crippen LogP contribution < -0.4 is 0 Å². The summed E-state index contributed by atoms with van der Waals surface area (Å²) >= 11 is 0. The van der Waals surface area contributed by atoms with Crippen molar-refractivity contribution in [1.29, 1.82) is 0 Å². The predicted molar refractivity (Wildman–Crippen MR) is 70.4 cm³/mol. The van der Waals surface area contributed by atoms with Crippen LogP contribution in [-0.4, -0.2) is 9.78 Å². The van der Waals surface area contributed by atoms with Gasteiger partial charge in [-0.1, -0.05) is 33.1 Å². The van der Waals surface area contributed by atoms with E-state index in [0.29, 0.717) is 12.0 Å². The number of rotatable bonds is 3. The van der Waals surface area contributed by atoms with Crippen LogP contribution in [0, 0.1) is 0 Å². The minimum Gasteiger partial charge on any atom is -0.266 e. The second-order valence-electron chi connectivity index (χ2n) is 6.16. The molecule has 3 rings (SSSR count). The zero-order valence-corrected chi connectivity index (χ0v) is 11.2. The van der Waals surface area contributed by atoms with E-state index in [4.69, 9.17) is 5.10 Å². The highest BCUT2D eigenvalue weighted by molar-refractivity contribution is 5.21. The molecule has 0 aliphatic heterocycles. The molecule has 0 amide bonds. The average molecular weight is 232 g/mol. The SMILES string of the molecule is CC(C)c1cc(C2CC2)nn1C1CCCCC1. The van der Waals surface area contributed by atoms with Crippen LogP contribution in [0.3, 0.4) is 0 Å². The van der Waals surface area contributed by atoms with E-state index in [2.05, 4.69) is 24.6 Å². The maximum absolute atomic E-state index is 4.93. The van der Waals surface area contributed by atoms with Crippen LogP contribution in [0.4, 0.5) is 0 Å². The summed E-state index contributed by atoms with van der Waals surface area (Å²) in [5, 5.41) is 4.93. The summed E-state index contributed by atoms with van der Waals surface area (Å²) in [4.78, 5) is 0. The van der Waals surface area contributed by atoms with Gasteiger partial charge in [-0.2, -0.15) is 5.10 Å². The molecule has 0 unspecified atom stereocenters. The van der Waals surface area contributed by atoms with Crippen LogP contribution in [-0.2, 0) is 0 Å². The molecule has 1 aromatic rings. The summed E-state index contributed by atoms with van der Waals surface area (Å²) < 4.78 is 2.39. The van der Waals surface area contributed by atoms with Gasteiger partial charge < -0.3 is 0 Å².